The number of halogens is 4. The molecule has 504 valence electrons. The highest BCUT2D eigenvalue weighted by atomic mass is 35.5. The summed E-state index contributed by atoms with van der Waals surface area (Å²) in [5, 5.41) is 58.1. The molecule has 10 aromatic rings. The van der Waals surface area contributed by atoms with Gasteiger partial charge in [-0.2, -0.15) is 0 Å². The maximum absolute atomic E-state index is 12.8. The molecule has 0 heterocycles. The topological polar surface area (TPSA) is 270 Å². The van der Waals surface area contributed by atoms with Gasteiger partial charge in [-0.1, -0.05) is 227 Å². The Morgan fingerprint density at radius 1 is 0.485 bits per heavy atom. The van der Waals surface area contributed by atoms with E-state index in [2.05, 4.69) is 10.6 Å². The van der Waals surface area contributed by atoms with Crippen LogP contribution in [0.4, 0.5) is 21.9 Å². The first-order chi connectivity index (χ1) is 46.5. The van der Waals surface area contributed by atoms with Crippen molar-refractivity contribution in [3.8, 4) is 23.0 Å². The number of amides is 2. The average Bonchev–Trinajstić information content (AvgIpc) is 1.12. The van der Waals surface area contributed by atoms with Crippen LogP contribution in [-0.2, 0) is 44.7 Å². The summed E-state index contributed by atoms with van der Waals surface area (Å²) in [5.41, 5.74) is 22.5. The molecular weight excluding hydrogens is 1310 g/mol. The lowest BCUT2D eigenvalue weighted by Gasteiger charge is -2.20. The Labute approximate surface area is 585 Å². The van der Waals surface area contributed by atoms with Crippen molar-refractivity contribution in [1.82, 2.24) is 5.32 Å². The third-order valence-corrected chi connectivity index (χ3v) is 15.5. The van der Waals surface area contributed by atoms with Gasteiger partial charge in [0.25, 0.3) is 0 Å². The highest BCUT2D eigenvalue weighted by molar-refractivity contribution is 6.32. The molecule has 0 saturated carbocycles. The number of esters is 2. The summed E-state index contributed by atoms with van der Waals surface area (Å²) in [6, 6.07) is 67.0. The van der Waals surface area contributed by atoms with Gasteiger partial charge < -0.3 is 52.0 Å². The number of nitrogens with one attached hydrogen (secondary N) is 2. The first-order valence-electron chi connectivity index (χ1n) is 30.8. The third-order valence-electron chi connectivity index (χ3n) is 14.6. The normalized spacial score (nSPS) is 11.0. The number of anilines is 2. The van der Waals surface area contributed by atoms with E-state index in [1.54, 1.807) is 50.2 Å². The second kappa shape index (κ2) is 39.1. The number of phenols is 4. The molecule has 2 atom stereocenters. The average molecular weight is 1390 g/mol. The molecule has 0 fully saturated rings. The molecule has 10 aromatic carbocycles. The Kier molecular flexibility index (Phi) is 30.6. The van der Waals surface area contributed by atoms with E-state index in [4.69, 9.17) is 67.3 Å². The number of phenolic OH excluding ortho intramolecular Hbond substituents is 4. The number of nitro benzene ring substituents is 1. The molecule has 97 heavy (non-hydrogen) atoms. The van der Waals surface area contributed by atoms with Crippen molar-refractivity contribution in [3.05, 3.63) is 321 Å². The second-order valence-electron chi connectivity index (χ2n) is 22.2. The van der Waals surface area contributed by atoms with Crippen LogP contribution in [0.2, 0.25) is 20.1 Å². The van der Waals surface area contributed by atoms with Crippen LogP contribution in [0, 0.1) is 24.0 Å². The van der Waals surface area contributed by atoms with Gasteiger partial charge in [0.1, 0.15) is 17.2 Å². The van der Waals surface area contributed by atoms with Crippen LogP contribution in [0.1, 0.15) is 106 Å². The van der Waals surface area contributed by atoms with Crippen LogP contribution in [0.25, 0.3) is 0 Å². The van der Waals surface area contributed by atoms with Gasteiger partial charge in [-0.15, -0.1) is 0 Å². The molecule has 16 nitrogen and oxygen atoms in total. The predicted molar refractivity (Wildman–Crippen MR) is 387 cm³/mol. The number of rotatable bonds is 19. The fourth-order valence-electron chi connectivity index (χ4n) is 9.66. The SMILES string of the molecule is CCOC(=O)C[C@H](N)c1ccc(C)cc1.CCOC(=O)C[C@H](NC(=O)Nc1cc(Cl)cc(Cc2ccccc2)c1O)c1ccc(C)cc1.Nc1cc(Cl)cc(Cc2ccccc2)c1O.O=[N+]([O-])c1cc(Cl)cc(Cc2ccccc2)c1O.Oc1ccc(Cl)cc1Cc1ccccc1. The summed E-state index contributed by atoms with van der Waals surface area (Å²) in [7, 11) is 0. The van der Waals surface area contributed by atoms with Crippen molar-refractivity contribution >= 4 is 81.4 Å². The molecule has 0 radical (unpaired) electrons. The number of hydrogen-bond acceptors (Lipinski definition) is 13. The quantitative estimate of drug-likeness (QED) is 0.0123. The summed E-state index contributed by atoms with van der Waals surface area (Å²) in [4.78, 5) is 46.2. The number of aromatic hydroxyl groups is 4. The number of carbonyl (C=O) groups excluding carboxylic acids is 3. The van der Waals surface area contributed by atoms with Crippen molar-refractivity contribution < 1.29 is 49.2 Å². The number of aryl methyl sites for hydroxylation is 2. The lowest BCUT2D eigenvalue weighted by Crippen LogP contribution is -2.34. The number of urea groups is 1. The van der Waals surface area contributed by atoms with Crippen LogP contribution in [0.5, 0.6) is 23.0 Å². The van der Waals surface area contributed by atoms with Gasteiger partial charge in [-0.05, 0) is 115 Å². The van der Waals surface area contributed by atoms with E-state index in [9.17, 15) is 44.9 Å². The number of nitrogen functional groups attached to an aromatic ring is 1. The van der Waals surface area contributed by atoms with Crippen molar-refractivity contribution in [1.29, 1.82) is 0 Å². The van der Waals surface area contributed by atoms with Crippen molar-refractivity contribution in [2.75, 3.05) is 24.3 Å². The summed E-state index contributed by atoms with van der Waals surface area (Å²) < 4.78 is 9.90. The molecule has 10 rings (SSSR count). The molecule has 0 aliphatic heterocycles. The zero-order valence-electron chi connectivity index (χ0n) is 53.9. The fourth-order valence-corrected chi connectivity index (χ4v) is 10.6. The summed E-state index contributed by atoms with van der Waals surface area (Å²) in [5.74, 6) is -0.634. The Morgan fingerprint density at radius 3 is 1.33 bits per heavy atom. The Balaban J connectivity index is 0.000000200. The van der Waals surface area contributed by atoms with Crippen molar-refractivity contribution in [2.24, 2.45) is 5.73 Å². The standard InChI is InChI=1S/C26H27ClN2O4.C13H10ClNO3.C13H12ClNO.C13H11ClO.C12H17NO2/c1-3-33-24(30)16-22(19-11-9-17(2)10-12-19)28-26(32)29-23-15-21(27)14-20(25(23)31)13-18-7-5-4-6-8-18;14-11-7-10(6-9-4-2-1-3-5-9)13(16)12(8-11)15(17)18;14-11-7-10(13(16)12(15)8-11)6-9-4-2-1-3-5-9;14-12-6-7-13(15)11(9-12)8-10-4-2-1-3-5-10;1-3-15-12(14)8-11(13)10-6-4-9(2)5-7-10/h4-12,14-15,22,31H,3,13,16H2,1-2H3,(H2,28,29,32);1-5,7-8,16H,6H2;1-5,7-8,16H,6,15H2;1-7,9,15H,8H2;4-7,11H,3,8,13H2,1-2H3/t22-;;;;11-/m0...0/s1. The molecule has 0 aromatic heterocycles. The molecule has 0 saturated heterocycles. The zero-order valence-corrected chi connectivity index (χ0v) is 57.0. The minimum atomic E-state index is -0.643. The minimum absolute atomic E-state index is 0.0227. The molecule has 20 heteroatoms. The molecule has 2 amide bonds. The van der Waals surface area contributed by atoms with Gasteiger partial charge in [-0.3, -0.25) is 19.7 Å². The van der Waals surface area contributed by atoms with Crippen LogP contribution in [0.3, 0.4) is 0 Å². The maximum Gasteiger partial charge on any atom is 0.319 e. The highest BCUT2D eigenvalue weighted by Crippen LogP contribution is 2.36. The van der Waals surface area contributed by atoms with Gasteiger partial charge in [0, 0.05) is 74.6 Å². The largest absolute Gasteiger partial charge is 0.508 e. The Morgan fingerprint density at radius 2 is 0.876 bits per heavy atom. The fraction of sp³-hybridized carbons (Fsp3) is 0.182. The third kappa shape index (κ3) is 25.9. The first kappa shape index (κ1) is 76.0. The van der Waals surface area contributed by atoms with Gasteiger partial charge in [-0.25, -0.2) is 4.79 Å². The van der Waals surface area contributed by atoms with E-state index < -0.39 is 23.0 Å². The number of nitro groups is 1. The summed E-state index contributed by atoms with van der Waals surface area (Å²) in [6.45, 7) is 8.15. The maximum atomic E-state index is 12.8. The molecule has 0 aliphatic rings. The van der Waals surface area contributed by atoms with E-state index in [-0.39, 0.29) is 65.1 Å². The number of nitrogens with zero attached hydrogens (tertiary/aromatic N) is 1. The van der Waals surface area contributed by atoms with Crippen LogP contribution in [0.15, 0.2) is 224 Å². The first-order valence-corrected chi connectivity index (χ1v) is 32.3. The minimum Gasteiger partial charge on any atom is -0.508 e. The van der Waals surface area contributed by atoms with Gasteiger partial charge in [0.2, 0.25) is 0 Å². The lowest BCUT2D eigenvalue weighted by molar-refractivity contribution is -0.385. The van der Waals surface area contributed by atoms with E-state index in [0.717, 1.165) is 56.1 Å². The lowest BCUT2D eigenvalue weighted by atomic mass is 10.0. The van der Waals surface area contributed by atoms with Crippen LogP contribution in [-0.4, -0.2) is 56.5 Å². The molecular formula is C77H77Cl4N5O11. The van der Waals surface area contributed by atoms with E-state index in [0.29, 0.717) is 69.9 Å². The molecule has 10 N–H and O–H groups in total. The molecule has 0 spiro atoms. The summed E-state index contributed by atoms with van der Waals surface area (Å²) >= 11 is 23.8. The number of ether oxygens (including phenoxy) is 2. The second-order valence-corrected chi connectivity index (χ2v) is 23.9. The predicted octanol–water partition coefficient (Wildman–Crippen LogP) is 18.1. The van der Waals surface area contributed by atoms with Crippen LogP contribution < -0.4 is 22.1 Å². The Bertz CT molecular complexity index is 4160. The zero-order chi connectivity index (χ0) is 70.4. The molecule has 0 bridgehead atoms. The Hall–Kier alpha value is -10.1. The number of nitrogens with two attached hydrogens (primary N) is 2. The number of benzene rings is 10. The van der Waals surface area contributed by atoms with Gasteiger partial charge in [0.05, 0.1) is 48.4 Å². The van der Waals surface area contributed by atoms with E-state index >= 15 is 0 Å². The van der Waals surface area contributed by atoms with Gasteiger partial charge >= 0.3 is 23.7 Å². The van der Waals surface area contributed by atoms with Crippen molar-refractivity contribution in [3.63, 3.8) is 0 Å². The molecule has 0 unspecified atom stereocenters. The molecule has 0 aliphatic carbocycles. The highest BCUT2D eigenvalue weighted by Gasteiger charge is 2.22. The number of carbonyl (C=O) groups is 3. The smallest absolute Gasteiger partial charge is 0.319 e. The monoisotopic (exact) mass is 1390 g/mol. The van der Waals surface area contributed by atoms with Gasteiger partial charge in [0.15, 0.2) is 5.75 Å². The van der Waals surface area contributed by atoms with E-state index in [1.165, 1.54) is 17.7 Å². The van der Waals surface area contributed by atoms with Crippen LogP contribution >= 0.6 is 46.4 Å². The van der Waals surface area contributed by atoms with Crippen molar-refractivity contribution in [2.45, 2.75) is 78.3 Å². The summed E-state index contributed by atoms with van der Waals surface area (Å²) in [6.07, 6.45) is 2.39. The number of hydrogen-bond donors (Lipinski definition) is 8. The van der Waals surface area contributed by atoms with E-state index in [1.807, 2.05) is 184 Å².